The average Bonchev–Trinajstić information content (AvgIpc) is 3.00. The van der Waals surface area contributed by atoms with Crippen LogP contribution in [0.3, 0.4) is 0 Å². The van der Waals surface area contributed by atoms with E-state index in [1.54, 1.807) is 35.2 Å². The average molecular weight is 485 g/mol. The lowest BCUT2D eigenvalue weighted by Crippen LogP contribution is -2.50. The van der Waals surface area contributed by atoms with E-state index in [-0.39, 0.29) is 35.3 Å². The molecule has 31 heavy (non-hydrogen) atoms. The quantitative estimate of drug-likeness (QED) is 0.665. The first kappa shape index (κ1) is 22.2. The summed E-state index contributed by atoms with van der Waals surface area (Å²) in [6, 6.07) is 9.86. The first-order chi connectivity index (χ1) is 14.9. The Morgan fingerprint density at radius 1 is 0.968 bits per heavy atom. The fraction of sp³-hybridized carbons (Fsp3) is 0.381. The minimum atomic E-state index is -3.70. The van der Waals surface area contributed by atoms with Crippen LogP contribution in [0.5, 0.6) is 11.5 Å². The van der Waals surface area contributed by atoms with Gasteiger partial charge in [0.2, 0.25) is 15.9 Å². The summed E-state index contributed by atoms with van der Waals surface area (Å²) in [7, 11) is -3.70. The number of halogens is 2. The molecule has 0 aromatic heterocycles. The molecule has 2 heterocycles. The summed E-state index contributed by atoms with van der Waals surface area (Å²) in [5.74, 6) is 0.956. The molecule has 1 fully saturated rings. The maximum absolute atomic E-state index is 12.9. The van der Waals surface area contributed by atoms with E-state index in [4.69, 9.17) is 32.7 Å². The van der Waals surface area contributed by atoms with Crippen molar-refractivity contribution in [2.45, 2.75) is 17.7 Å². The highest BCUT2D eigenvalue weighted by Gasteiger charge is 2.31. The summed E-state index contributed by atoms with van der Waals surface area (Å²) in [6.07, 6.45) is 0.911. The second-order valence-electron chi connectivity index (χ2n) is 7.35. The number of carbonyl (C=O) groups is 1. The highest BCUT2D eigenvalue weighted by molar-refractivity contribution is 7.89. The van der Waals surface area contributed by atoms with Crippen LogP contribution in [0.2, 0.25) is 10.0 Å². The van der Waals surface area contributed by atoms with Crippen LogP contribution in [0.25, 0.3) is 0 Å². The predicted octanol–water partition coefficient (Wildman–Crippen LogP) is 3.23. The van der Waals surface area contributed by atoms with E-state index in [1.165, 1.54) is 10.4 Å². The van der Waals surface area contributed by atoms with Crippen molar-refractivity contribution < 1.29 is 22.7 Å². The zero-order valence-electron chi connectivity index (χ0n) is 16.7. The molecule has 0 atom stereocenters. The van der Waals surface area contributed by atoms with Gasteiger partial charge < -0.3 is 14.4 Å². The highest BCUT2D eigenvalue weighted by atomic mass is 35.5. The van der Waals surface area contributed by atoms with Gasteiger partial charge in [-0.15, -0.1) is 0 Å². The topological polar surface area (TPSA) is 76.2 Å². The third-order valence-electron chi connectivity index (χ3n) is 5.26. The summed E-state index contributed by atoms with van der Waals surface area (Å²) in [5, 5.41) is 0.602. The number of piperazine rings is 1. The van der Waals surface area contributed by atoms with Crippen molar-refractivity contribution in [3.8, 4) is 11.5 Å². The third kappa shape index (κ3) is 4.77. The van der Waals surface area contributed by atoms with Crippen molar-refractivity contribution in [3.63, 3.8) is 0 Å². The second-order valence-corrected chi connectivity index (χ2v) is 10.1. The molecule has 0 radical (unpaired) electrons. The van der Waals surface area contributed by atoms with Gasteiger partial charge in [-0.05, 0) is 29.8 Å². The van der Waals surface area contributed by atoms with Gasteiger partial charge in [-0.25, -0.2) is 8.42 Å². The number of carbonyl (C=O) groups excluding carboxylic acids is 1. The van der Waals surface area contributed by atoms with Crippen molar-refractivity contribution in [2.75, 3.05) is 39.4 Å². The summed E-state index contributed by atoms with van der Waals surface area (Å²) in [6.45, 7) is 2.10. The van der Waals surface area contributed by atoms with Crippen LogP contribution in [-0.2, 0) is 21.2 Å². The summed E-state index contributed by atoms with van der Waals surface area (Å²) in [4.78, 5) is 14.6. The molecule has 10 heteroatoms. The van der Waals surface area contributed by atoms with E-state index in [1.807, 2.05) is 0 Å². The predicted molar refractivity (Wildman–Crippen MR) is 118 cm³/mol. The Bertz CT molecular complexity index is 1090. The Morgan fingerprint density at radius 2 is 1.68 bits per heavy atom. The van der Waals surface area contributed by atoms with Crippen LogP contribution >= 0.6 is 23.2 Å². The molecule has 7 nitrogen and oxygen atoms in total. The number of fused-ring (bicyclic) bond motifs is 1. The number of benzene rings is 2. The van der Waals surface area contributed by atoms with Gasteiger partial charge in [0.05, 0.1) is 29.7 Å². The van der Waals surface area contributed by atoms with Crippen LogP contribution in [0.4, 0.5) is 0 Å². The van der Waals surface area contributed by atoms with E-state index >= 15 is 0 Å². The maximum atomic E-state index is 12.9. The molecule has 2 aromatic rings. The number of ether oxygens (including phenoxy) is 2. The van der Waals surface area contributed by atoms with E-state index in [0.717, 1.165) is 12.0 Å². The lowest BCUT2D eigenvalue weighted by molar-refractivity contribution is -0.131. The summed E-state index contributed by atoms with van der Waals surface area (Å²) < 4.78 is 38.4. The first-order valence-corrected chi connectivity index (χ1v) is 12.2. The van der Waals surface area contributed by atoms with Gasteiger partial charge in [0, 0.05) is 32.6 Å². The van der Waals surface area contributed by atoms with Gasteiger partial charge >= 0.3 is 0 Å². The number of hydrogen-bond acceptors (Lipinski definition) is 5. The van der Waals surface area contributed by atoms with Crippen LogP contribution in [0.15, 0.2) is 41.3 Å². The smallest absolute Gasteiger partial charge is 0.244 e. The van der Waals surface area contributed by atoms with Gasteiger partial charge in [-0.3, -0.25) is 4.79 Å². The third-order valence-corrected chi connectivity index (χ3v) is 7.94. The molecule has 4 rings (SSSR count). The fourth-order valence-electron chi connectivity index (χ4n) is 3.64. The van der Waals surface area contributed by atoms with Gasteiger partial charge in [0.1, 0.15) is 4.90 Å². The van der Waals surface area contributed by atoms with Crippen molar-refractivity contribution in [1.82, 2.24) is 9.21 Å². The van der Waals surface area contributed by atoms with Crippen LogP contribution in [0, 0.1) is 0 Å². The fourth-order valence-corrected chi connectivity index (χ4v) is 5.85. The number of nitrogens with zero attached hydrogens (tertiary/aromatic N) is 2. The zero-order valence-corrected chi connectivity index (χ0v) is 19.0. The molecule has 0 unspecified atom stereocenters. The number of amides is 1. The Balaban J connectivity index is 1.41. The lowest BCUT2D eigenvalue weighted by Gasteiger charge is -2.34. The van der Waals surface area contributed by atoms with E-state index < -0.39 is 10.0 Å². The molecular formula is C21H22Cl2N2O5S. The van der Waals surface area contributed by atoms with E-state index in [9.17, 15) is 13.2 Å². The monoisotopic (exact) mass is 484 g/mol. The first-order valence-electron chi connectivity index (χ1n) is 9.97. The van der Waals surface area contributed by atoms with Crippen molar-refractivity contribution in [2.24, 2.45) is 0 Å². The molecule has 2 aliphatic rings. The van der Waals surface area contributed by atoms with Crippen molar-refractivity contribution in [3.05, 3.63) is 52.0 Å². The molecule has 0 aliphatic carbocycles. The number of hydrogen-bond donors (Lipinski definition) is 0. The lowest BCUT2D eigenvalue weighted by atomic mass is 10.1. The molecule has 1 saturated heterocycles. The minimum Gasteiger partial charge on any atom is -0.489 e. The van der Waals surface area contributed by atoms with Crippen LogP contribution in [0.1, 0.15) is 12.0 Å². The molecule has 1 amide bonds. The van der Waals surface area contributed by atoms with Crippen LogP contribution < -0.4 is 9.47 Å². The molecule has 0 saturated carbocycles. The SMILES string of the molecule is O=C(Cc1cc(Cl)c2c(c1)OCCCO2)N1CCN(S(=O)(=O)c2ccccc2Cl)CC1. The number of sulfonamides is 1. The molecule has 0 spiro atoms. The van der Waals surface area contributed by atoms with Crippen molar-refractivity contribution in [1.29, 1.82) is 0 Å². The molecule has 2 aromatic carbocycles. The maximum Gasteiger partial charge on any atom is 0.244 e. The van der Waals surface area contributed by atoms with Gasteiger partial charge in [0.15, 0.2) is 11.5 Å². The highest BCUT2D eigenvalue weighted by Crippen LogP contribution is 2.38. The number of rotatable bonds is 4. The molecular weight excluding hydrogens is 463 g/mol. The second kappa shape index (κ2) is 9.24. The van der Waals surface area contributed by atoms with E-state index in [2.05, 4.69) is 0 Å². The van der Waals surface area contributed by atoms with Gasteiger partial charge in [-0.2, -0.15) is 4.31 Å². The molecule has 0 N–H and O–H groups in total. The molecule has 2 aliphatic heterocycles. The normalized spacial score (nSPS) is 17.3. The molecule has 166 valence electrons. The summed E-state index contributed by atoms with van der Waals surface area (Å²) >= 11 is 12.4. The Kier molecular flexibility index (Phi) is 6.62. The van der Waals surface area contributed by atoms with Gasteiger partial charge in [-0.1, -0.05) is 35.3 Å². The van der Waals surface area contributed by atoms with Crippen LogP contribution in [-0.4, -0.2) is 62.9 Å². The van der Waals surface area contributed by atoms with Gasteiger partial charge in [0.25, 0.3) is 0 Å². The summed E-state index contributed by atoms with van der Waals surface area (Å²) in [5.41, 5.74) is 0.727. The molecule has 0 bridgehead atoms. The van der Waals surface area contributed by atoms with E-state index in [0.29, 0.717) is 42.8 Å². The minimum absolute atomic E-state index is 0.0817. The Morgan fingerprint density at radius 3 is 2.42 bits per heavy atom. The Labute approximate surface area is 191 Å². The standard InChI is InChI=1S/C21H22Cl2N2O5S/c22-16-4-1-2-5-19(16)31(27,28)25-8-6-24(7-9-25)20(26)14-15-12-17(23)21-18(13-15)29-10-3-11-30-21/h1-2,4-5,12-13H,3,6-11,14H2. The largest absolute Gasteiger partial charge is 0.489 e. The zero-order chi connectivity index (χ0) is 22.0. The van der Waals surface area contributed by atoms with Crippen molar-refractivity contribution >= 4 is 39.1 Å². The Hall–Kier alpha value is -2.00.